The Morgan fingerprint density at radius 2 is 2.15 bits per heavy atom. The fourth-order valence-electron chi connectivity index (χ4n) is 2.57. The molecule has 6 nitrogen and oxygen atoms in total. The summed E-state index contributed by atoms with van der Waals surface area (Å²) < 4.78 is 31.6. The van der Waals surface area contributed by atoms with Gasteiger partial charge in [-0.2, -0.15) is 4.31 Å². The third-order valence-electron chi connectivity index (χ3n) is 3.52. The molecule has 1 N–H and O–H groups in total. The Kier molecular flexibility index (Phi) is 3.02. The van der Waals surface area contributed by atoms with E-state index >= 15 is 0 Å². The monoisotopic (exact) mass is 295 g/mol. The van der Waals surface area contributed by atoms with Crippen LogP contribution < -0.4 is 0 Å². The lowest BCUT2D eigenvalue weighted by atomic mass is 10.2. The molecule has 106 valence electrons. The minimum absolute atomic E-state index is 0.0214. The molecule has 0 amide bonds. The van der Waals surface area contributed by atoms with Crippen LogP contribution in [0.4, 0.5) is 0 Å². The largest absolute Gasteiger partial charge is 0.480 e. The van der Waals surface area contributed by atoms with Gasteiger partial charge in [-0.1, -0.05) is 12.1 Å². The molecule has 0 radical (unpaired) electrons. The van der Waals surface area contributed by atoms with Crippen molar-refractivity contribution in [3.05, 3.63) is 30.5 Å². The zero-order valence-corrected chi connectivity index (χ0v) is 11.3. The highest BCUT2D eigenvalue weighted by Crippen LogP contribution is 2.31. The summed E-state index contributed by atoms with van der Waals surface area (Å²) in [4.78, 5) is 11.2. The van der Waals surface area contributed by atoms with Crippen LogP contribution in [0.5, 0.6) is 0 Å². The Hall–Kier alpha value is -1.86. The highest BCUT2D eigenvalue weighted by molar-refractivity contribution is 7.89. The van der Waals surface area contributed by atoms with Gasteiger partial charge in [0.1, 0.15) is 10.9 Å². The maximum atomic E-state index is 12.7. The quantitative estimate of drug-likeness (QED) is 0.930. The first-order valence-electron chi connectivity index (χ1n) is 6.22. The summed E-state index contributed by atoms with van der Waals surface area (Å²) in [6, 6.07) is 5.49. The normalized spacial score (nSPS) is 20.5. The van der Waals surface area contributed by atoms with Gasteiger partial charge in [0.25, 0.3) is 0 Å². The maximum absolute atomic E-state index is 12.7. The second kappa shape index (κ2) is 4.60. The Morgan fingerprint density at radius 3 is 2.90 bits per heavy atom. The lowest BCUT2D eigenvalue weighted by Gasteiger charge is -2.20. The van der Waals surface area contributed by atoms with Crippen LogP contribution in [0, 0.1) is 0 Å². The van der Waals surface area contributed by atoms with E-state index in [1.165, 1.54) is 12.3 Å². The van der Waals surface area contributed by atoms with Crippen molar-refractivity contribution in [2.45, 2.75) is 23.8 Å². The highest BCUT2D eigenvalue weighted by atomic mass is 32.2. The van der Waals surface area contributed by atoms with Crippen LogP contribution in [0.2, 0.25) is 0 Å². The number of aliphatic carboxylic acids is 1. The lowest BCUT2D eigenvalue weighted by molar-refractivity contribution is -0.140. The van der Waals surface area contributed by atoms with Gasteiger partial charge in [-0.25, -0.2) is 8.42 Å². The van der Waals surface area contributed by atoms with Crippen molar-refractivity contribution >= 4 is 27.0 Å². The van der Waals surface area contributed by atoms with Crippen LogP contribution in [0.15, 0.2) is 39.8 Å². The molecule has 0 aliphatic carbocycles. The number of nitrogens with zero attached hydrogens (tertiary/aromatic N) is 1. The summed E-state index contributed by atoms with van der Waals surface area (Å²) in [5, 5.41) is 9.82. The number of hydrogen-bond acceptors (Lipinski definition) is 4. The minimum atomic E-state index is -3.87. The molecule has 0 bridgehead atoms. The third kappa shape index (κ3) is 1.90. The first-order chi connectivity index (χ1) is 9.51. The zero-order chi connectivity index (χ0) is 14.3. The van der Waals surface area contributed by atoms with E-state index < -0.39 is 22.0 Å². The van der Waals surface area contributed by atoms with Crippen molar-refractivity contribution in [2.75, 3.05) is 6.54 Å². The van der Waals surface area contributed by atoms with Crippen LogP contribution in [0.3, 0.4) is 0 Å². The number of benzene rings is 1. The number of carboxylic acids is 1. The molecule has 1 aliphatic heterocycles. The fraction of sp³-hybridized carbons (Fsp3) is 0.308. The highest BCUT2D eigenvalue weighted by Gasteiger charge is 2.40. The number of hydrogen-bond donors (Lipinski definition) is 1. The van der Waals surface area contributed by atoms with E-state index in [2.05, 4.69) is 0 Å². The van der Waals surface area contributed by atoms with E-state index in [0.717, 1.165) is 4.31 Å². The number of rotatable bonds is 3. The number of carboxylic acid groups (broad SMARTS) is 1. The zero-order valence-electron chi connectivity index (χ0n) is 10.5. The summed E-state index contributed by atoms with van der Waals surface area (Å²) >= 11 is 0. The molecular formula is C13H13NO5S. The maximum Gasteiger partial charge on any atom is 0.322 e. The molecule has 1 fully saturated rings. The number of sulfonamides is 1. The average molecular weight is 295 g/mol. The van der Waals surface area contributed by atoms with Crippen molar-refractivity contribution in [1.82, 2.24) is 4.31 Å². The van der Waals surface area contributed by atoms with Gasteiger partial charge in [-0.3, -0.25) is 4.79 Å². The van der Waals surface area contributed by atoms with Crippen LogP contribution in [0.1, 0.15) is 12.8 Å². The Balaban J connectivity index is 2.12. The Bertz CT molecular complexity index is 764. The summed E-state index contributed by atoms with van der Waals surface area (Å²) in [5.74, 6) is -1.11. The van der Waals surface area contributed by atoms with Gasteiger partial charge in [0.2, 0.25) is 10.0 Å². The first-order valence-corrected chi connectivity index (χ1v) is 7.67. The Morgan fingerprint density at radius 1 is 1.35 bits per heavy atom. The van der Waals surface area contributed by atoms with Gasteiger partial charge in [0.15, 0.2) is 5.58 Å². The number of furan rings is 1. The molecule has 2 heterocycles. The molecule has 20 heavy (non-hydrogen) atoms. The second-order valence-corrected chi connectivity index (χ2v) is 6.57. The third-order valence-corrected chi connectivity index (χ3v) is 5.45. The van der Waals surface area contributed by atoms with Crippen molar-refractivity contribution < 1.29 is 22.7 Å². The molecular weight excluding hydrogens is 282 g/mol. The van der Waals surface area contributed by atoms with Crippen LogP contribution >= 0.6 is 0 Å². The van der Waals surface area contributed by atoms with E-state index in [1.54, 1.807) is 18.2 Å². The van der Waals surface area contributed by atoms with Gasteiger partial charge in [-0.15, -0.1) is 0 Å². The summed E-state index contributed by atoms with van der Waals surface area (Å²) in [5.41, 5.74) is 0.267. The topological polar surface area (TPSA) is 87.8 Å². The van der Waals surface area contributed by atoms with Gasteiger partial charge in [-0.05, 0) is 25.0 Å². The summed E-state index contributed by atoms with van der Waals surface area (Å²) in [7, 11) is -3.87. The van der Waals surface area contributed by atoms with Gasteiger partial charge in [0, 0.05) is 11.9 Å². The molecule has 1 atom stereocenters. The van der Waals surface area contributed by atoms with E-state index in [4.69, 9.17) is 9.52 Å². The fourth-order valence-corrected chi connectivity index (χ4v) is 4.37. The Labute approximate surface area is 115 Å². The smallest absolute Gasteiger partial charge is 0.322 e. The van der Waals surface area contributed by atoms with Crippen molar-refractivity contribution in [1.29, 1.82) is 0 Å². The number of carbonyl (C=O) groups is 1. The molecule has 7 heteroatoms. The summed E-state index contributed by atoms with van der Waals surface area (Å²) in [6.45, 7) is 0.219. The molecule has 0 spiro atoms. The lowest BCUT2D eigenvalue weighted by Crippen LogP contribution is -2.40. The minimum Gasteiger partial charge on any atom is -0.480 e. The van der Waals surface area contributed by atoms with Crippen LogP contribution in [-0.2, 0) is 14.8 Å². The molecule has 3 rings (SSSR count). The van der Waals surface area contributed by atoms with E-state index in [-0.39, 0.29) is 17.0 Å². The molecule has 2 aromatic rings. The average Bonchev–Trinajstić information content (AvgIpc) is 3.06. The van der Waals surface area contributed by atoms with E-state index in [0.29, 0.717) is 18.2 Å². The standard InChI is InChI=1S/C13H13NO5S/c15-13(16)10-4-2-7-14(10)20(17,18)11-5-1-3-9-6-8-19-12(9)11/h1,3,5-6,8,10H,2,4,7H2,(H,15,16). The number of para-hydroxylation sites is 1. The molecule has 1 aliphatic rings. The molecule has 0 saturated carbocycles. The predicted molar refractivity (Wildman–Crippen MR) is 70.8 cm³/mol. The van der Waals surface area contributed by atoms with Crippen molar-refractivity contribution in [3.8, 4) is 0 Å². The molecule has 1 unspecified atom stereocenters. The van der Waals surface area contributed by atoms with E-state index in [1.807, 2.05) is 0 Å². The molecule has 1 aromatic heterocycles. The van der Waals surface area contributed by atoms with Gasteiger partial charge in [0.05, 0.1) is 6.26 Å². The van der Waals surface area contributed by atoms with E-state index in [9.17, 15) is 13.2 Å². The van der Waals surface area contributed by atoms with Crippen molar-refractivity contribution in [2.24, 2.45) is 0 Å². The number of fused-ring (bicyclic) bond motifs is 1. The molecule has 1 aromatic carbocycles. The van der Waals surface area contributed by atoms with Crippen LogP contribution in [0.25, 0.3) is 11.0 Å². The van der Waals surface area contributed by atoms with Gasteiger partial charge >= 0.3 is 5.97 Å². The van der Waals surface area contributed by atoms with Crippen molar-refractivity contribution in [3.63, 3.8) is 0 Å². The second-order valence-electron chi connectivity index (χ2n) is 4.71. The molecule has 1 saturated heterocycles. The predicted octanol–water partition coefficient (Wildman–Crippen LogP) is 1.67. The first kappa shape index (κ1) is 13.1. The SMILES string of the molecule is O=C(O)C1CCCN1S(=O)(=O)c1cccc2ccoc12. The van der Waals surface area contributed by atoms with Crippen LogP contribution in [-0.4, -0.2) is 36.4 Å². The summed E-state index contributed by atoms with van der Waals surface area (Å²) in [6.07, 6.45) is 2.30. The van der Waals surface area contributed by atoms with Gasteiger partial charge < -0.3 is 9.52 Å².